The normalized spacial score (nSPS) is 24.4. The second-order valence-corrected chi connectivity index (χ2v) is 21.0. The van der Waals surface area contributed by atoms with Crippen LogP contribution >= 0.6 is 27.7 Å². The molecule has 45 heavy (non-hydrogen) atoms. The van der Waals surface area contributed by atoms with Crippen LogP contribution in [-0.2, 0) is 11.2 Å². The van der Waals surface area contributed by atoms with Crippen molar-refractivity contribution in [2.75, 3.05) is 19.4 Å². The second-order valence-electron chi connectivity index (χ2n) is 13.8. The number of likely N-dealkylation sites (tertiary alicyclic amines) is 1. The third-order valence-electron chi connectivity index (χ3n) is 9.82. The first-order valence-electron chi connectivity index (χ1n) is 15.6. The topological polar surface area (TPSA) is 112 Å². The minimum Gasteiger partial charge on any atom is -0.465 e. The van der Waals surface area contributed by atoms with E-state index in [0.29, 0.717) is 40.0 Å². The molecular formula is C32H39BrFN5O4SSi. The number of hydrogen-bond donors (Lipinski definition) is 1. The number of aryl methyl sites for hydroxylation is 1. The molecule has 0 radical (unpaired) electrons. The number of pyridine rings is 1. The molecule has 1 aromatic carbocycles. The van der Waals surface area contributed by atoms with Gasteiger partial charge in [-0.1, -0.05) is 19.6 Å². The lowest BCUT2D eigenvalue weighted by Crippen LogP contribution is -2.44. The van der Waals surface area contributed by atoms with Gasteiger partial charge >= 0.3 is 12.2 Å². The number of carboxylic acid groups (broad SMARTS) is 1. The smallest absolute Gasteiger partial charge is 0.410 e. The third kappa shape index (κ3) is 5.50. The quantitative estimate of drug-likeness (QED) is 0.185. The number of aromatic nitrogens is 2. The fraction of sp³-hybridized carbons (Fsp3) is 0.562. The summed E-state index contributed by atoms with van der Waals surface area (Å²) in [5, 5.41) is 21.4. The van der Waals surface area contributed by atoms with Crippen molar-refractivity contribution in [1.29, 1.82) is 5.26 Å². The molecule has 7 rings (SSSR count). The van der Waals surface area contributed by atoms with Gasteiger partial charge < -0.3 is 19.3 Å². The molecule has 0 unspecified atom stereocenters. The van der Waals surface area contributed by atoms with Gasteiger partial charge in [0.2, 0.25) is 0 Å². The predicted molar refractivity (Wildman–Crippen MR) is 179 cm³/mol. The van der Waals surface area contributed by atoms with Gasteiger partial charge in [0.1, 0.15) is 10.5 Å². The van der Waals surface area contributed by atoms with Gasteiger partial charge in [0.05, 0.1) is 40.8 Å². The maximum Gasteiger partial charge on any atom is 0.410 e. The molecule has 240 valence electrons. The summed E-state index contributed by atoms with van der Waals surface area (Å²) < 4.78 is 24.5. The monoisotopic (exact) mass is 715 g/mol. The molecule has 4 fully saturated rings. The Kier molecular flexibility index (Phi) is 8.63. The van der Waals surface area contributed by atoms with Crippen LogP contribution in [-0.4, -0.2) is 76.2 Å². The number of carbonyl (C=O) groups is 2. The van der Waals surface area contributed by atoms with Crippen LogP contribution in [0.2, 0.25) is 25.7 Å². The van der Waals surface area contributed by atoms with E-state index in [0.717, 1.165) is 41.9 Å². The average Bonchev–Trinajstić information content (AvgIpc) is 3.75. The SMILES string of the molecule is CSc1nc2c(F)c(Br)c(CCC#N)cc2c2c1cc([C@H]1CC[C@@H](C)N1C(=O)OCC[Si](C)(C)C)n2[C@H]1[C@@H]2C[C@H]1N(C(=O)O)C2. The van der Waals surface area contributed by atoms with Gasteiger partial charge in [-0.2, -0.15) is 5.26 Å². The number of ether oxygens (including phenoxy) is 1. The van der Waals surface area contributed by atoms with E-state index >= 15 is 4.39 Å². The molecule has 4 aliphatic rings. The summed E-state index contributed by atoms with van der Waals surface area (Å²) in [5.41, 5.74) is 2.63. The minimum atomic E-state index is -1.40. The highest BCUT2D eigenvalue weighted by Crippen LogP contribution is 2.54. The first-order valence-corrected chi connectivity index (χ1v) is 21.3. The largest absolute Gasteiger partial charge is 0.465 e. The predicted octanol–water partition coefficient (Wildman–Crippen LogP) is 8.19. The number of benzene rings is 1. The molecule has 5 heterocycles. The third-order valence-corrected chi connectivity index (χ3v) is 13.1. The Morgan fingerprint density at radius 3 is 2.67 bits per heavy atom. The van der Waals surface area contributed by atoms with E-state index in [2.05, 4.69) is 52.3 Å². The number of hydrogen-bond acceptors (Lipinski definition) is 6. The maximum atomic E-state index is 16.1. The molecule has 13 heteroatoms. The standard InChI is InChI=1S/C32H39BrFN5O4SSi/c1-17-8-9-22(38(17)32(42)43-11-12-45(3,4)5)23-15-21-29(39(23)28-19-14-24(28)37(16-19)31(40)41)20-13-18(7-6-10-35)25(33)26(34)27(20)36-30(21)44-2/h13,15,17,19,22,24,28H,6-9,11-12,14,16H2,1-5H3,(H,40,41)/t17-,19-,22-,24-,28+/m1/s1. The molecule has 3 aliphatic heterocycles. The van der Waals surface area contributed by atoms with E-state index < -0.39 is 20.0 Å². The van der Waals surface area contributed by atoms with E-state index in [1.807, 2.05) is 24.1 Å². The van der Waals surface area contributed by atoms with Crippen LogP contribution in [0.25, 0.3) is 21.8 Å². The number of rotatable bonds is 8. The summed E-state index contributed by atoms with van der Waals surface area (Å²) in [7, 11) is -1.40. The number of halogens is 2. The van der Waals surface area contributed by atoms with E-state index in [-0.39, 0.29) is 48.1 Å². The van der Waals surface area contributed by atoms with Crippen molar-refractivity contribution in [3.05, 3.63) is 33.7 Å². The number of fused-ring (bicyclic) bond motifs is 4. The van der Waals surface area contributed by atoms with Crippen LogP contribution in [0.5, 0.6) is 0 Å². The molecule has 1 saturated carbocycles. The van der Waals surface area contributed by atoms with E-state index in [4.69, 9.17) is 9.72 Å². The summed E-state index contributed by atoms with van der Waals surface area (Å²) >= 11 is 4.86. The summed E-state index contributed by atoms with van der Waals surface area (Å²) in [6.45, 7) is 9.64. The van der Waals surface area contributed by atoms with Gasteiger partial charge in [-0.25, -0.2) is 19.0 Å². The molecule has 2 aromatic heterocycles. The van der Waals surface area contributed by atoms with Gasteiger partial charge in [0.15, 0.2) is 5.82 Å². The molecule has 2 bridgehead atoms. The first-order chi connectivity index (χ1) is 21.4. The van der Waals surface area contributed by atoms with Crippen LogP contribution in [0.3, 0.4) is 0 Å². The molecular weight excluding hydrogens is 677 g/mol. The van der Waals surface area contributed by atoms with Crippen molar-refractivity contribution in [2.24, 2.45) is 5.92 Å². The van der Waals surface area contributed by atoms with Crippen molar-refractivity contribution >= 4 is 69.8 Å². The molecule has 9 nitrogen and oxygen atoms in total. The van der Waals surface area contributed by atoms with Gasteiger partial charge in [-0.15, -0.1) is 11.8 Å². The van der Waals surface area contributed by atoms with E-state index in [1.54, 1.807) is 0 Å². The summed E-state index contributed by atoms with van der Waals surface area (Å²) in [5.74, 6) is -0.367. The Balaban J connectivity index is 1.56. The highest BCUT2D eigenvalue weighted by atomic mass is 79.9. The van der Waals surface area contributed by atoms with Crippen LogP contribution in [0.4, 0.5) is 14.0 Å². The number of amides is 2. The Bertz CT molecular complexity index is 1740. The minimum absolute atomic E-state index is 0.0321. The lowest BCUT2D eigenvalue weighted by Gasteiger charge is -2.40. The Labute approximate surface area is 276 Å². The van der Waals surface area contributed by atoms with Crippen molar-refractivity contribution in [3.63, 3.8) is 0 Å². The fourth-order valence-corrected chi connectivity index (χ4v) is 9.28. The summed E-state index contributed by atoms with van der Waals surface area (Å²) in [6.07, 6.45) is 3.58. The van der Waals surface area contributed by atoms with Crippen molar-refractivity contribution in [2.45, 2.75) is 93.9 Å². The zero-order valence-corrected chi connectivity index (χ0v) is 29.7. The van der Waals surface area contributed by atoms with Crippen LogP contribution in [0, 0.1) is 23.1 Å². The lowest BCUT2D eigenvalue weighted by atomic mass is 9.79. The van der Waals surface area contributed by atoms with Crippen molar-refractivity contribution < 1.29 is 23.8 Å². The van der Waals surface area contributed by atoms with Crippen LogP contribution in [0.15, 0.2) is 21.6 Å². The van der Waals surface area contributed by atoms with E-state index in [1.165, 1.54) is 16.7 Å². The molecule has 0 spiro atoms. The van der Waals surface area contributed by atoms with Gasteiger partial charge in [-0.3, -0.25) is 4.90 Å². The molecule has 1 aliphatic carbocycles. The molecule has 2 amide bonds. The number of nitriles is 1. The van der Waals surface area contributed by atoms with Crippen molar-refractivity contribution in [1.82, 2.24) is 19.4 Å². The molecule has 1 N–H and O–H groups in total. The Morgan fingerprint density at radius 2 is 2.02 bits per heavy atom. The second kappa shape index (κ2) is 12.1. The van der Waals surface area contributed by atoms with E-state index in [9.17, 15) is 20.0 Å². The summed E-state index contributed by atoms with van der Waals surface area (Å²) in [4.78, 5) is 34.1. The highest BCUT2D eigenvalue weighted by molar-refractivity contribution is 9.10. The molecule has 3 saturated heterocycles. The average molecular weight is 717 g/mol. The maximum absolute atomic E-state index is 16.1. The fourth-order valence-electron chi connectivity index (χ4n) is 7.50. The zero-order valence-electron chi connectivity index (χ0n) is 26.3. The van der Waals surface area contributed by atoms with Gasteiger partial charge in [0.25, 0.3) is 0 Å². The van der Waals surface area contributed by atoms with Gasteiger partial charge in [0, 0.05) is 49.5 Å². The molecule has 5 atom stereocenters. The Hall–Kier alpha value is -2.82. The zero-order chi connectivity index (χ0) is 32.4. The number of thioether (sulfide) groups is 1. The van der Waals surface area contributed by atoms with Gasteiger partial charge in [-0.05, 0) is 78.5 Å². The molecule has 3 aromatic rings. The highest BCUT2D eigenvalue weighted by Gasteiger charge is 2.56. The van der Waals surface area contributed by atoms with Crippen molar-refractivity contribution in [3.8, 4) is 6.07 Å². The number of nitrogens with zero attached hydrogens (tertiary/aromatic N) is 5. The van der Waals surface area contributed by atoms with Crippen LogP contribution in [0.1, 0.15) is 55.9 Å². The number of carbonyl (C=O) groups excluding carboxylic acids is 1. The van der Waals surface area contributed by atoms with Crippen LogP contribution < -0.4 is 0 Å². The first kappa shape index (κ1) is 32.1. The Morgan fingerprint density at radius 1 is 1.27 bits per heavy atom. The summed E-state index contributed by atoms with van der Waals surface area (Å²) in [6, 6.07) is 6.38. The lowest BCUT2D eigenvalue weighted by molar-refractivity contribution is 0.0868.